The number of phosphoric acid groups is 1. The van der Waals surface area contributed by atoms with Crippen LogP contribution in [0.2, 0.25) is 0 Å². The maximum absolute atomic E-state index is 12.4. The van der Waals surface area contributed by atoms with Crippen LogP contribution >= 0.6 is 7.82 Å². The Morgan fingerprint density at radius 1 is 0.481 bits per heavy atom. The van der Waals surface area contributed by atoms with Crippen molar-refractivity contribution in [1.29, 1.82) is 0 Å². The van der Waals surface area contributed by atoms with E-state index < -0.39 is 32.5 Å². The molecule has 8 nitrogen and oxygen atoms in total. The van der Waals surface area contributed by atoms with Crippen LogP contribution in [0.5, 0.6) is 0 Å². The minimum Gasteiger partial charge on any atom is -0.462 e. The van der Waals surface area contributed by atoms with Gasteiger partial charge >= 0.3 is 19.8 Å². The van der Waals surface area contributed by atoms with Crippen molar-refractivity contribution in [2.75, 3.05) is 13.2 Å². The van der Waals surface area contributed by atoms with Gasteiger partial charge in [0.05, 0.1) is 6.61 Å². The average molecular weight is 759 g/mol. The molecule has 0 radical (unpaired) electrons. The van der Waals surface area contributed by atoms with Crippen molar-refractivity contribution in [1.82, 2.24) is 0 Å². The van der Waals surface area contributed by atoms with Gasteiger partial charge in [0.1, 0.15) is 6.61 Å². The van der Waals surface area contributed by atoms with Crippen LogP contribution in [-0.4, -0.2) is 41.0 Å². The normalized spacial score (nSPS) is 12.5. The summed E-state index contributed by atoms with van der Waals surface area (Å²) in [5, 5.41) is 0. The fourth-order valence-corrected chi connectivity index (χ4v) is 6.85. The lowest BCUT2D eigenvalue weighted by atomic mass is 10.0. The van der Waals surface area contributed by atoms with Crippen LogP contribution in [-0.2, 0) is 28.2 Å². The molecular weight excluding hydrogens is 675 g/mol. The summed E-state index contributed by atoms with van der Waals surface area (Å²) < 4.78 is 26.4. The van der Waals surface area contributed by atoms with Gasteiger partial charge in [-0.1, -0.05) is 193 Å². The molecule has 1 atom stereocenters. The van der Waals surface area contributed by atoms with Gasteiger partial charge in [0.25, 0.3) is 0 Å². The lowest BCUT2D eigenvalue weighted by Gasteiger charge is -2.18. The van der Waals surface area contributed by atoms with E-state index in [4.69, 9.17) is 19.3 Å². The number of esters is 2. The smallest absolute Gasteiger partial charge is 0.462 e. The number of rotatable bonds is 41. The molecule has 0 aliphatic heterocycles. The van der Waals surface area contributed by atoms with Crippen LogP contribution in [0.15, 0.2) is 12.2 Å². The first-order valence-corrected chi connectivity index (χ1v) is 23.5. The molecule has 0 aromatic rings. The highest BCUT2D eigenvalue weighted by molar-refractivity contribution is 7.46. The van der Waals surface area contributed by atoms with Gasteiger partial charge < -0.3 is 19.3 Å². The molecule has 52 heavy (non-hydrogen) atoms. The predicted octanol–water partition coefficient (Wildman–Crippen LogP) is 13.4. The standard InChI is InChI=1S/C43H83O8P/c1-3-5-7-9-11-13-15-17-19-20-21-22-24-25-27-29-31-33-35-37-42(44)49-39-41(40-50-52(46,47)48)51-43(45)38-36-34-32-30-28-26-23-18-16-14-12-10-8-6-4-2/h20-21,41H,3-19,22-40H2,1-2H3,(H2,46,47,48)/b21-20-/t41-/m1/s1. The Bertz CT molecular complexity index is 858. The fourth-order valence-electron chi connectivity index (χ4n) is 6.49. The Balaban J connectivity index is 3.86. The van der Waals surface area contributed by atoms with E-state index in [2.05, 4.69) is 30.5 Å². The zero-order chi connectivity index (χ0) is 38.2. The summed E-state index contributed by atoms with van der Waals surface area (Å²) in [6, 6.07) is 0. The third kappa shape index (κ3) is 41.5. The van der Waals surface area contributed by atoms with Crippen LogP contribution < -0.4 is 0 Å². The van der Waals surface area contributed by atoms with Gasteiger partial charge in [-0.05, 0) is 38.5 Å². The SMILES string of the molecule is CCCCCCCCCC/C=C\CCCCCCCCCC(=O)OC[C@H](COP(=O)(O)O)OC(=O)CCCCCCCCCCCCCCCCC. The third-order valence-electron chi connectivity index (χ3n) is 9.78. The molecule has 0 bridgehead atoms. The van der Waals surface area contributed by atoms with Crippen molar-refractivity contribution in [2.45, 2.75) is 238 Å². The molecule has 0 saturated carbocycles. The van der Waals surface area contributed by atoms with Crippen molar-refractivity contribution in [3.05, 3.63) is 12.2 Å². The number of carbonyl (C=O) groups excluding carboxylic acids is 2. The predicted molar refractivity (Wildman–Crippen MR) is 216 cm³/mol. The molecule has 0 amide bonds. The van der Waals surface area contributed by atoms with E-state index in [1.165, 1.54) is 148 Å². The van der Waals surface area contributed by atoms with Gasteiger partial charge in [-0.3, -0.25) is 14.1 Å². The molecule has 308 valence electrons. The molecule has 0 heterocycles. The second-order valence-corrected chi connectivity index (χ2v) is 16.3. The van der Waals surface area contributed by atoms with Gasteiger partial charge in [0.2, 0.25) is 0 Å². The molecule has 0 aromatic carbocycles. The van der Waals surface area contributed by atoms with Gasteiger partial charge in [-0.15, -0.1) is 0 Å². The highest BCUT2D eigenvalue weighted by atomic mass is 31.2. The monoisotopic (exact) mass is 759 g/mol. The molecule has 9 heteroatoms. The van der Waals surface area contributed by atoms with Crippen molar-refractivity contribution in [3.8, 4) is 0 Å². The first-order chi connectivity index (χ1) is 25.3. The van der Waals surface area contributed by atoms with Crippen molar-refractivity contribution in [3.63, 3.8) is 0 Å². The Morgan fingerprint density at radius 3 is 1.17 bits per heavy atom. The lowest BCUT2D eigenvalue weighted by molar-refractivity contribution is -0.161. The fraction of sp³-hybridized carbons (Fsp3) is 0.907. The summed E-state index contributed by atoms with van der Waals surface area (Å²) in [5.74, 6) is -0.877. The summed E-state index contributed by atoms with van der Waals surface area (Å²) in [5.41, 5.74) is 0. The van der Waals surface area contributed by atoms with Crippen molar-refractivity contribution >= 4 is 19.8 Å². The number of hydrogen-bond acceptors (Lipinski definition) is 6. The molecule has 0 aliphatic rings. The van der Waals surface area contributed by atoms with Gasteiger partial charge in [-0.25, -0.2) is 4.57 Å². The Kier molecular flexibility index (Phi) is 38.6. The maximum atomic E-state index is 12.4. The Morgan fingerprint density at radius 2 is 0.808 bits per heavy atom. The number of allylic oxidation sites excluding steroid dienone is 2. The van der Waals surface area contributed by atoms with Crippen molar-refractivity contribution in [2.24, 2.45) is 0 Å². The maximum Gasteiger partial charge on any atom is 0.469 e. The zero-order valence-corrected chi connectivity index (χ0v) is 34.9. The average Bonchev–Trinajstić information content (AvgIpc) is 3.11. The van der Waals surface area contributed by atoms with E-state index >= 15 is 0 Å². The number of unbranched alkanes of at least 4 members (excludes halogenated alkanes) is 29. The Hall–Kier alpha value is -1.21. The quantitative estimate of drug-likeness (QED) is 0.0274. The molecular formula is C43H83O8P. The largest absolute Gasteiger partial charge is 0.469 e. The van der Waals surface area contributed by atoms with Gasteiger partial charge in [-0.2, -0.15) is 0 Å². The molecule has 2 N–H and O–H groups in total. The summed E-state index contributed by atoms with van der Waals surface area (Å²) >= 11 is 0. The van der Waals surface area contributed by atoms with Gasteiger partial charge in [0.15, 0.2) is 6.10 Å². The number of carbonyl (C=O) groups is 2. The minimum atomic E-state index is -4.75. The molecule has 0 aromatic heterocycles. The molecule has 0 saturated heterocycles. The van der Waals surface area contributed by atoms with Crippen LogP contribution in [0, 0.1) is 0 Å². The molecule has 0 fully saturated rings. The minimum absolute atomic E-state index is 0.217. The van der Waals surface area contributed by atoms with E-state index in [0.717, 1.165) is 51.4 Å². The van der Waals surface area contributed by atoms with E-state index in [0.29, 0.717) is 6.42 Å². The van der Waals surface area contributed by atoms with Crippen LogP contribution in [0.25, 0.3) is 0 Å². The van der Waals surface area contributed by atoms with Crippen LogP contribution in [0.3, 0.4) is 0 Å². The highest BCUT2D eigenvalue weighted by Gasteiger charge is 2.22. The van der Waals surface area contributed by atoms with Crippen LogP contribution in [0.4, 0.5) is 0 Å². The third-order valence-corrected chi connectivity index (χ3v) is 10.3. The zero-order valence-electron chi connectivity index (χ0n) is 34.0. The Labute approximate surface area is 320 Å². The molecule has 0 aliphatic carbocycles. The number of phosphoric ester groups is 1. The van der Waals surface area contributed by atoms with Crippen LogP contribution in [0.1, 0.15) is 232 Å². The van der Waals surface area contributed by atoms with E-state index in [1.807, 2.05) is 0 Å². The summed E-state index contributed by atoms with van der Waals surface area (Å²) in [6.45, 7) is 3.71. The first-order valence-electron chi connectivity index (χ1n) is 22.0. The topological polar surface area (TPSA) is 119 Å². The first kappa shape index (κ1) is 50.8. The van der Waals surface area contributed by atoms with Gasteiger partial charge in [0, 0.05) is 12.8 Å². The van der Waals surface area contributed by atoms with Crippen molar-refractivity contribution < 1.29 is 37.9 Å². The van der Waals surface area contributed by atoms with E-state index in [-0.39, 0.29) is 19.4 Å². The number of ether oxygens (including phenoxy) is 2. The second kappa shape index (κ2) is 39.5. The summed E-state index contributed by atoms with van der Waals surface area (Å²) in [7, 11) is -4.75. The summed E-state index contributed by atoms with van der Waals surface area (Å²) in [6.07, 6.45) is 43.6. The summed E-state index contributed by atoms with van der Waals surface area (Å²) in [4.78, 5) is 42.9. The number of hydrogen-bond donors (Lipinski definition) is 2. The molecule has 0 spiro atoms. The highest BCUT2D eigenvalue weighted by Crippen LogP contribution is 2.36. The second-order valence-electron chi connectivity index (χ2n) is 15.0. The molecule has 0 unspecified atom stereocenters. The lowest BCUT2D eigenvalue weighted by Crippen LogP contribution is -2.29. The van der Waals surface area contributed by atoms with E-state index in [9.17, 15) is 14.2 Å². The van der Waals surface area contributed by atoms with E-state index in [1.54, 1.807) is 0 Å². The molecule has 0 rings (SSSR count).